The summed E-state index contributed by atoms with van der Waals surface area (Å²) in [6.45, 7) is 9.59. The van der Waals surface area contributed by atoms with E-state index in [4.69, 9.17) is 8.83 Å². The van der Waals surface area contributed by atoms with Crippen LogP contribution in [0.5, 0.6) is 0 Å². The summed E-state index contributed by atoms with van der Waals surface area (Å²) in [5.41, 5.74) is 2.13. The second kappa shape index (κ2) is 8.54. The smallest absolute Gasteiger partial charge is 0.251 e. The van der Waals surface area contributed by atoms with Gasteiger partial charge in [0.25, 0.3) is 5.89 Å². The van der Waals surface area contributed by atoms with E-state index in [2.05, 4.69) is 56.4 Å². The average Bonchev–Trinajstić information content (AvgIpc) is 3.29. The third kappa shape index (κ3) is 4.58. The first kappa shape index (κ1) is 18.7. The molecule has 1 fully saturated rings. The first-order valence-electron chi connectivity index (χ1n) is 9.73. The van der Waals surface area contributed by atoms with Crippen molar-refractivity contribution in [2.24, 2.45) is 0 Å². The maximum Gasteiger partial charge on any atom is 0.251 e. The Hall–Kier alpha value is -2.70. The summed E-state index contributed by atoms with van der Waals surface area (Å²) in [5.74, 6) is 2.86. The summed E-state index contributed by atoms with van der Waals surface area (Å²) in [5, 5.41) is 8.40. The average molecular weight is 378 g/mol. The van der Waals surface area contributed by atoms with Crippen LogP contribution in [0.3, 0.4) is 0 Å². The highest BCUT2D eigenvalue weighted by Gasteiger charge is 2.20. The van der Waals surface area contributed by atoms with Gasteiger partial charge in [0.1, 0.15) is 11.5 Å². The number of aryl methyl sites for hydroxylation is 2. The Kier molecular flexibility index (Phi) is 5.69. The molecule has 0 saturated carbocycles. The lowest BCUT2D eigenvalue weighted by atomic mass is 10.2. The van der Waals surface area contributed by atoms with Crippen molar-refractivity contribution in [3.05, 3.63) is 65.4 Å². The van der Waals surface area contributed by atoms with Crippen molar-refractivity contribution in [1.82, 2.24) is 20.0 Å². The van der Waals surface area contributed by atoms with Gasteiger partial charge in [-0.05, 0) is 25.5 Å². The number of rotatable bonds is 6. The molecule has 1 aromatic carbocycles. The predicted molar refractivity (Wildman–Crippen MR) is 109 cm³/mol. The van der Waals surface area contributed by atoms with Crippen molar-refractivity contribution >= 4 is 6.08 Å². The molecule has 3 aromatic rings. The lowest BCUT2D eigenvalue weighted by Crippen LogP contribution is -2.45. The van der Waals surface area contributed by atoms with Crippen molar-refractivity contribution in [2.75, 3.05) is 32.7 Å². The molecule has 0 bridgehead atoms. The fourth-order valence-electron chi connectivity index (χ4n) is 3.49. The van der Waals surface area contributed by atoms with E-state index >= 15 is 0 Å². The molecule has 0 N–H and O–H groups in total. The number of hydrogen-bond acceptors (Lipinski definition) is 6. The Morgan fingerprint density at radius 2 is 1.71 bits per heavy atom. The van der Waals surface area contributed by atoms with Crippen LogP contribution in [-0.2, 0) is 6.54 Å². The Morgan fingerprint density at radius 3 is 2.43 bits per heavy atom. The van der Waals surface area contributed by atoms with Gasteiger partial charge in [0, 0.05) is 32.7 Å². The summed E-state index contributed by atoms with van der Waals surface area (Å²) in [4.78, 5) is 4.83. The summed E-state index contributed by atoms with van der Waals surface area (Å²) in [6, 6.07) is 12.4. The molecular formula is C22H26N4O2. The molecule has 0 unspecified atom stereocenters. The van der Waals surface area contributed by atoms with Gasteiger partial charge in [-0.25, -0.2) is 0 Å². The molecular weight excluding hydrogens is 352 g/mol. The van der Waals surface area contributed by atoms with Gasteiger partial charge in [0.15, 0.2) is 0 Å². The summed E-state index contributed by atoms with van der Waals surface area (Å²) < 4.78 is 11.4. The lowest BCUT2D eigenvalue weighted by molar-refractivity contribution is 0.128. The number of furan rings is 1. The normalized spacial score (nSPS) is 16.2. The van der Waals surface area contributed by atoms with Gasteiger partial charge in [-0.2, -0.15) is 0 Å². The summed E-state index contributed by atoms with van der Waals surface area (Å²) >= 11 is 0. The minimum atomic E-state index is 0.536. The fraction of sp³-hybridized carbons (Fsp3) is 0.364. The van der Waals surface area contributed by atoms with Gasteiger partial charge in [-0.1, -0.05) is 42.5 Å². The molecule has 0 amide bonds. The van der Waals surface area contributed by atoms with Gasteiger partial charge in [-0.15, -0.1) is 10.2 Å². The van der Waals surface area contributed by atoms with Crippen molar-refractivity contribution in [3.8, 4) is 11.5 Å². The number of hydrogen-bond donors (Lipinski definition) is 0. The largest absolute Gasteiger partial charge is 0.466 e. The van der Waals surface area contributed by atoms with E-state index in [9.17, 15) is 0 Å². The van der Waals surface area contributed by atoms with Gasteiger partial charge >= 0.3 is 0 Å². The zero-order valence-electron chi connectivity index (χ0n) is 16.5. The predicted octanol–water partition coefficient (Wildman–Crippen LogP) is 3.78. The number of nitrogens with zero attached hydrogens (tertiary/aromatic N) is 4. The molecule has 0 spiro atoms. The van der Waals surface area contributed by atoms with Crippen LogP contribution < -0.4 is 0 Å². The van der Waals surface area contributed by atoms with Crippen molar-refractivity contribution in [1.29, 1.82) is 0 Å². The molecule has 1 aliphatic rings. The number of piperazine rings is 1. The summed E-state index contributed by atoms with van der Waals surface area (Å²) in [6.07, 6.45) is 4.43. The van der Waals surface area contributed by atoms with Crippen LogP contribution in [-0.4, -0.2) is 52.7 Å². The Bertz CT molecular complexity index is 921. The standard InChI is InChI=1S/C22H26N4O2/c1-17-15-20(18(2)27-17)22-24-23-21(28-22)16-26-13-11-25(12-14-26)10-6-9-19-7-4-3-5-8-19/h3-9,15H,10-14,16H2,1-2H3/b9-6+. The van der Waals surface area contributed by atoms with E-state index in [-0.39, 0.29) is 0 Å². The van der Waals surface area contributed by atoms with Crippen LogP contribution in [0.1, 0.15) is 23.0 Å². The highest BCUT2D eigenvalue weighted by Crippen LogP contribution is 2.25. The second-order valence-electron chi connectivity index (χ2n) is 7.22. The minimum Gasteiger partial charge on any atom is -0.466 e. The molecule has 146 valence electrons. The topological polar surface area (TPSA) is 58.5 Å². The molecule has 2 aromatic heterocycles. The Balaban J connectivity index is 1.26. The fourth-order valence-corrected chi connectivity index (χ4v) is 3.49. The molecule has 6 heteroatoms. The van der Waals surface area contributed by atoms with Crippen LogP contribution in [0.2, 0.25) is 0 Å². The molecule has 1 aliphatic heterocycles. The molecule has 28 heavy (non-hydrogen) atoms. The van der Waals surface area contributed by atoms with Crippen molar-refractivity contribution < 1.29 is 8.83 Å². The minimum absolute atomic E-state index is 0.536. The van der Waals surface area contributed by atoms with E-state index in [1.807, 2.05) is 26.0 Å². The molecule has 0 radical (unpaired) electrons. The van der Waals surface area contributed by atoms with Crippen LogP contribution in [0.25, 0.3) is 17.5 Å². The number of aromatic nitrogens is 2. The first-order valence-corrected chi connectivity index (χ1v) is 9.73. The van der Waals surface area contributed by atoms with Crippen LogP contribution in [0.15, 0.2) is 51.3 Å². The van der Waals surface area contributed by atoms with Crippen LogP contribution >= 0.6 is 0 Å². The number of benzene rings is 1. The SMILES string of the molecule is Cc1cc(-c2nnc(CN3CCN(C/C=C/c4ccccc4)CC3)o2)c(C)o1. The lowest BCUT2D eigenvalue weighted by Gasteiger charge is -2.33. The second-order valence-corrected chi connectivity index (χ2v) is 7.22. The van der Waals surface area contributed by atoms with E-state index in [0.29, 0.717) is 18.3 Å². The third-order valence-electron chi connectivity index (χ3n) is 5.04. The molecule has 4 rings (SSSR count). The van der Waals surface area contributed by atoms with E-state index in [1.165, 1.54) is 5.56 Å². The third-order valence-corrected chi connectivity index (χ3v) is 5.04. The Morgan fingerprint density at radius 1 is 0.964 bits per heavy atom. The highest BCUT2D eigenvalue weighted by atomic mass is 16.4. The van der Waals surface area contributed by atoms with Gasteiger partial charge in [0.2, 0.25) is 5.89 Å². The monoisotopic (exact) mass is 378 g/mol. The van der Waals surface area contributed by atoms with Crippen LogP contribution in [0.4, 0.5) is 0 Å². The zero-order valence-corrected chi connectivity index (χ0v) is 16.5. The van der Waals surface area contributed by atoms with Gasteiger partial charge in [-0.3, -0.25) is 9.80 Å². The van der Waals surface area contributed by atoms with Gasteiger partial charge < -0.3 is 8.83 Å². The molecule has 0 aliphatic carbocycles. The van der Waals surface area contributed by atoms with E-state index < -0.39 is 0 Å². The molecule has 6 nitrogen and oxygen atoms in total. The quantitative estimate of drug-likeness (QED) is 0.651. The van der Waals surface area contributed by atoms with Crippen molar-refractivity contribution in [2.45, 2.75) is 20.4 Å². The van der Waals surface area contributed by atoms with Crippen molar-refractivity contribution in [3.63, 3.8) is 0 Å². The zero-order chi connectivity index (χ0) is 19.3. The van der Waals surface area contributed by atoms with E-state index in [1.54, 1.807) is 0 Å². The van der Waals surface area contributed by atoms with Crippen LogP contribution in [0, 0.1) is 13.8 Å². The Labute approximate surface area is 165 Å². The maximum atomic E-state index is 5.86. The molecule has 0 atom stereocenters. The van der Waals surface area contributed by atoms with Gasteiger partial charge in [0.05, 0.1) is 12.1 Å². The van der Waals surface area contributed by atoms with E-state index in [0.717, 1.165) is 49.8 Å². The maximum absolute atomic E-state index is 5.86. The highest BCUT2D eigenvalue weighted by molar-refractivity contribution is 5.55. The molecule has 3 heterocycles. The summed E-state index contributed by atoms with van der Waals surface area (Å²) in [7, 11) is 0. The first-order chi connectivity index (χ1) is 13.7. The molecule has 1 saturated heterocycles.